The molecule has 0 fully saturated rings. The molecule has 1 aromatic heterocycles. The normalized spacial score (nSPS) is 17.6. The van der Waals surface area contributed by atoms with Crippen molar-refractivity contribution in [3.63, 3.8) is 0 Å². The number of halogens is 3. The summed E-state index contributed by atoms with van der Waals surface area (Å²) in [5, 5.41) is 11.9. The molecule has 0 radical (unpaired) electrons. The van der Waals surface area contributed by atoms with E-state index in [2.05, 4.69) is 4.98 Å². The molecule has 6 nitrogen and oxygen atoms in total. The summed E-state index contributed by atoms with van der Waals surface area (Å²) in [5.74, 6) is 0.178. The molecule has 2 atom stereocenters. The van der Waals surface area contributed by atoms with Gasteiger partial charge in [0.15, 0.2) is 0 Å². The van der Waals surface area contributed by atoms with Crippen molar-refractivity contribution in [3.05, 3.63) is 89.4 Å². The molecule has 0 bridgehead atoms. The number of aliphatic hydroxyl groups is 1. The molecule has 0 saturated carbocycles. The van der Waals surface area contributed by atoms with Crippen molar-refractivity contribution in [2.45, 2.75) is 18.0 Å². The number of anilines is 1. The maximum Gasteiger partial charge on any atom is 0.516 e. The molecule has 1 aliphatic rings. The third-order valence-corrected chi connectivity index (χ3v) is 8.22. The number of aromatic nitrogens is 1. The molecule has 2 heterocycles. The van der Waals surface area contributed by atoms with Crippen molar-refractivity contribution in [2.24, 2.45) is 5.92 Å². The molecule has 4 aromatic rings. The molecule has 0 spiro atoms. The molecular weight excluding hydrogens is 525 g/mol. The lowest BCUT2D eigenvalue weighted by molar-refractivity contribution is -0.0429. The predicted molar refractivity (Wildman–Crippen MR) is 136 cm³/mol. The Bertz CT molecular complexity index is 1520. The van der Waals surface area contributed by atoms with Crippen molar-refractivity contribution < 1.29 is 31.4 Å². The van der Waals surface area contributed by atoms with E-state index in [-0.39, 0.29) is 23.8 Å². The van der Waals surface area contributed by atoms with E-state index in [1.54, 1.807) is 46.5 Å². The smallest absolute Gasteiger partial charge is 0.493 e. The summed E-state index contributed by atoms with van der Waals surface area (Å²) in [6, 6.07) is 20.5. The Labute approximate surface area is 215 Å². The number of sulfonamides is 1. The van der Waals surface area contributed by atoms with Gasteiger partial charge in [-0.2, -0.15) is 21.6 Å². The van der Waals surface area contributed by atoms with Crippen LogP contribution in [0.5, 0.6) is 5.75 Å². The molecule has 1 unspecified atom stereocenters. The van der Waals surface area contributed by atoms with Crippen molar-refractivity contribution in [1.29, 1.82) is 0 Å². The van der Waals surface area contributed by atoms with E-state index >= 15 is 0 Å². The van der Waals surface area contributed by atoms with Crippen LogP contribution in [-0.4, -0.2) is 30.6 Å². The van der Waals surface area contributed by atoms with Gasteiger partial charge in [0, 0.05) is 33.7 Å². The lowest BCUT2D eigenvalue weighted by Gasteiger charge is -2.30. The van der Waals surface area contributed by atoms with E-state index in [1.165, 1.54) is 18.2 Å². The van der Waals surface area contributed by atoms with Gasteiger partial charge < -0.3 is 9.84 Å². The third-order valence-electron chi connectivity index (χ3n) is 6.06. The minimum absolute atomic E-state index is 0.214. The van der Waals surface area contributed by atoms with Gasteiger partial charge in [-0.15, -0.1) is 11.3 Å². The Morgan fingerprint density at radius 1 is 1.03 bits per heavy atom. The molecule has 1 aliphatic heterocycles. The standard InChI is InChI=1S/C26H21F3N2O4S2/c27-26(28,29)37(33,34)31-22-9-5-4-8-20(22)17-10-11-21-23(13-17)35-15-18(24(21)32)12-19-14-30-25(36-19)16-6-2-1-3-7-16/h1-11,13-14,18,24,31-32H,12,15H2/t18?,24-/m0/s1. The van der Waals surface area contributed by atoms with Crippen molar-refractivity contribution in [2.75, 3.05) is 11.3 Å². The number of nitrogens with zero attached hydrogens (tertiary/aromatic N) is 1. The van der Waals surface area contributed by atoms with E-state index in [0.29, 0.717) is 23.3 Å². The number of para-hydroxylation sites is 1. The minimum atomic E-state index is -5.59. The number of hydrogen-bond acceptors (Lipinski definition) is 6. The number of thiazole rings is 1. The summed E-state index contributed by atoms with van der Waals surface area (Å²) >= 11 is 1.56. The number of fused-ring (bicyclic) bond motifs is 1. The van der Waals surface area contributed by atoms with Crippen molar-refractivity contribution in [3.8, 4) is 27.4 Å². The first kappa shape index (κ1) is 25.2. The Kier molecular flexibility index (Phi) is 6.69. The van der Waals surface area contributed by atoms with Gasteiger partial charge in [-0.1, -0.05) is 60.7 Å². The zero-order valence-corrected chi connectivity index (χ0v) is 20.8. The molecule has 0 amide bonds. The predicted octanol–water partition coefficient (Wildman–Crippen LogP) is 6.02. The fourth-order valence-electron chi connectivity index (χ4n) is 4.18. The van der Waals surface area contributed by atoms with Crippen LogP contribution in [-0.2, 0) is 16.4 Å². The van der Waals surface area contributed by atoms with Crippen LogP contribution < -0.4 is 9.46 Å². The van der Waals surface area contributed by atoms with Crippen LogP contribution in [0.15, 0.2) is 79.0 Å². The van der Waals surface area contributed by atoms with E-state index in [1.807, 2.05) is 30.3 Å². The third kappa shape index (κ3) is 5.20. The lowest BCUT2D eigenvalue weighted by atomic mass is 9.89. The number of rotatable bonds is 6. The Morgan fingerprint density at radius 2 is 1.76 bits per heavy atom. The second-order valence-electron chi connectivity index (χ2n) is 8.57. The number of alkyl halides is 3. The number of ether oxygens (including phenoxy) is 1. The molecule has 2 N–H and O–H groups in total. The van der Waals surface area contributed by atoms with E-state index in [9.17, 15) is 26.7 Å². The highest BCUT2D eigenvalue weighted by atomic mass is 32.2. The summed E-state index contributed by atoms with van der Waals surface area (Å²) in [7, 11) is -5.59. The SMILES string of the molecule is O=S(=O)(Nc1ccccc1-c1ccc2c(c1)OCC(Cc1cnc(-c3ccccc3)s1)[C@@H]2O)C(F)(F)F. The maximum atomic E-state index is 12.9. The fourth-order valence-corrected chi connectivity index (χ4v) is 5.78. The Hall–Kier alpha value is -3.41. The largest absolute Gasteiger partial charge is 0.516 e. The highest BCUT2D eigenvalue weighted by molar-refractivity contribution is 7.93. The van der Waals surface area contributed by atoms with Crippen LogP contribution in [0.25, 0.3) is 21.7 Å². The lowest BCUT2D eigenvalue weighted by Crippen LogP contribution is -2.30. The molecule has 5 rings (SSSR count). The van der Waals surface area contributed by atoms with Gasteiger partial charge in [-0.25, -0.2) is 4.98 Å². The summed E-state index contributed by atoms with van der Waals surface area (Å²) in [6.45, 7) is 0.235. The molecule has 0 saturated heterocycles. The molecule has 192 valence electrons. The van der Waals surface area contributed by atoms with Gasteiger partial charge in [-0.05, 0) is 24.1 Å². The molecular formula is C26H21F3N2O4S2. The monoisotopic (exact) mass is 546 g/mol. The maximum absolute atomic E-state index is 12.9. The van der Waals surface area contributed by atoms with Crippen LogP contribution in [0, 0.1) is 5.92 Å². The fraction of sp³-hybridized carbons (Fsp3) is 0.192. The van der Waals surface area contributed by atoms with Crippen LogP contribution in [0.1, 0.15) is 16.5 Å². The first-order valence-electron chi connectivity index (χ1n) is 11.3. The highest BCUT2D eigenvalue weighted by Gasteiger charge is 2.46. The highest BCUT2D eigenvalue weighted by Crippen LogP contribution is 2.41. The minimum Gasteiger partial charge on any atom is -0.493 e. The van der Waals surface area contributed by atoms with E-state index < -0.39 is 21.6 Å². The average Bonchev–Trinajstić information content (AvgIpc) is 3.34. The summed E-state index contributed by atoms with van der Waals surface area (Å²) in [6.07, 6.45) is 1.55. The van der Waals surface area contributed by atoms with E-state index in [0.717, 1.165) is 15.4 Å². The number of nitrogens with one attached hydrogen (secondary N) is 1. The van der Waals surface area contributed by atoms with Crippen LogP contribution in [0.4, 0.5) is 18.9 Å². The van der Waals surface area contributed by atoms with Crippen LogP contribution in [0.2, 0.25) is 0 Å². The summed E-state index contributed by atoms with van der Waals surface area (Å²) < 4.78 is 69.6. The second-order valence-corrected chi connectivity index (χ2v) is 11.4. The number of hydrogen-bond donors (Lipinski definition) is 2. The second kappa shape index (κ2) is 9.81. The van der Waals surface area contributed by atoms with Gasteiger partial charge >= 0.3 is 15.5 Å². The quantitative estimate of drug-likeness (QED) is 0.309. The topological polar surface area (TPSA) is 88.5 Å². The first-order chi connectivity index (χ1) is 17.6. The zero-order valence-electron chi connectivity index (χ0n) is 19.1. The van der Waals surface area contributed by atoms with Gasteiger partial charge in [0.2, 0.25) is 0 Å². The van der Waals surface area contributed by atoms with Gasteiger partial charge in [0.25, 0.3) is 0 Å². The number of benzene rings is 3. The van der Waals surface area contributed by atoms with Gasteiger partial charge in [-0.3, -0.25) is 4.72 Å². The first-order valence-corrected chi connectivity index (χ1v) is 13.6. The summed E-state index contributed by atoms with van der Waals surface area (Å²) in [4.78, 5) is 5.50. The average molecular weight is 547 g/mol. The Morgan fingerprint density at radius 3 is 2.51 bits per heavy atom. The van der Waals surface area contributed by atoms with Crippen molar-refractivity contribution in [1.82, 2.24) is 4.98 Å². The van der Waals surface area contributed by atoms with Gasteiger partial charge in [0.05, 0.1) is 18.4 Å². The van der Waals surface area contributed by atoms with Crippen molar-refractivity contribution >= 4 is 27.0 Å². The molecule has 37 heavy (non-hydrogen) atoms. The van der Waals surface area contributed by atoms with Crippen LogP contribution in [0.3, 0.4) is 0 Å². The van der Waals surface area contributed by atoms with Gasteiger partial charge in [0.1, 0.15) is 10.8 Å². The molecule has 3 aromatic carbocycles. The number of aliphatic hydroxyl groups excluding tert-OH is 1. The Balaban J connectivity index is 1.36. The summed E-state index contributed by atoms with van der Waals surface area (Å²) in [5.41, 5.74) is -3.39. The molecule has 11 heteroatoms. The van der Waals surface area contributed by atoms with E-state index in [4.69, 9.17) is 4.74 Å². The van der Waals surface area contributed by atoms with Crippen LogP contribution >= 0.6 is 11.3 Å². The zero-order chi connectivity index (χ0) is 26.2. The molecule has 0 aliphatic carbocycles.